The molecule has 112 valence electrons. The van der Waals surface area contributed by atoms with Crippen molar-refractivity contribution in [2.75, 3.05) is 6.54 Å². The zero-order chi connectivity index (χ0) is 14.2. The summed E-state index contributed by atoms with van der Waals surface area (Å²) in [5.41, 5.74) is 1.53. The van der Waals surface area contributed by atoms with Gasteiger partial charge in [0, 0.05) is 6.04 Å². The van der Waals surface area contributed by atoms with Crippen LogP contribution in [0.3, 0.4) is 0 Å². The van der Waals surface area contributed by atoms with Crippen molar-refractivity contribution in [2.24, 2.45) is 5.92 Å². The lowest BCUT2D eigenvalue weighted by atomic mass is 9.76. The Bertz CT molecular complexity index is 351. The molecule has 1 fully saturated rings. The molecule has 0 amide bonds. The highest BCUT2D eigenvalue weighted by Crippen LogP contribution is 2.36. The second-order valence-electron chi connectivity index (χ2n) is 6.83. The summed E-state index contributed by atoms with van der Waals surface area (Å²) in [6.45, 7) is 5.86. The number of nitrogens with one attached hydrogen (secondary N) is 1. The Morgan fingerprint density at radius 3 is 2.40 bits per heavy atom. The molecule has 1 aliphatic rings. The summed E-state index contributed by atoms with van der Waals surface area (Å²) >= 11 is 0. The van der Waals surface area contributed by atoms with Gasteiger partial charge in [-0.2, -0.15) is 0 Å². The lowest BCUT2D eigenvalue weighted by Gasteiger charge is -2.36. The predicted molar refractivity (Wildman–Crippen MR) is 88.1 cm³/mol. The molecule has 0 unspecified atom stereocenters. The van der Waals surface area contributed by atoms with Crippen molar-refractivity contribution in [1.29, 1.82) is 0 Å². The molecule has 0 spiro atoms. The second-order valence-corrected chi connectivity index (χ2v) is 6.83. The van der Waals surface area contributed by atoms with E-state index in [1.54, 1.807) is 0 Å². The Labute approximate surface area is 125 Å². The monoisotopic (exact) mass is 273 g/mol. The molecule has 1 aliphatic carbocycles. The first-order chi connectivity index (χ1) is 9.75. The van der Waals surface area contributed by atoms with E-state index in [1.165, 1.54) is 57.1 Å². The number of rotatable bonds is 9. The fourth-order valence-electron chi connectivity index (χ4n) is 3.12. The van der Waals surface area contributed by atoms with E-state index in [9.17, 15) is 0 Å². The van der Waals surface area contributed by atoms with E-state index in [0.717, 1.165) is 17.9 Å². The van der Waals surface area contributed by atoms with E-state index < -0.39 is 0 Å². The van der Waals surface area contributed by atoms with E-state index >= 15 is 0 Å². The molecule has 0 radical (unpaired) electrons. The smallest absolute Gasteiger partial charge is 0.00787 e. The Morgan fingerprint density at radius 2 is 1.70 bits per heavy atom. The summed E-state index contributed by atoms with van der Waals surface area (Å²) in [5, 5.41) is 3.72. The summed E-state index contributed by atoms with van der Waals surface area (Å²) in [6.07, 6.45) is 9.64. The van der Waals surface area contributed by atoms with Gasteiger partial charge in [0.15, 0.2) is 0 Å². The zero-order valence-electron chi connectivity index (χ0n) is 13.3. The van der Waals surface area contributed by atoms with Gasteiger partial charge >= 0.3 is 0 Å². The van der Waals surface area contributed by atoms with E-state index in [4.69, 9.17) is 0 Å². The van der Waals surface area contributed by atoms with Crippen LogP contribution >= 0.6 is 0 Å². The van der Waals surface area contributed by atoms with Crippen LogP contribution < -0.4 is 5.32 Å². The first kappa shape index (κ1) is 15.6. The van der Waals surface area contributed by atoms with Crippen molar-refractivity contribution in [2.45, 2.75) is 70.8 Å². The van der Waals surface area contributed by atoms with Crippen molar-refractivity contribution >= 4 is 0 Å². The molecule has 1 aromatic rings. The highest BCUT2D eigenvalue weighted by Gasteiger charge is 2.29. The quantitative estimate of drug-likeness (QED) is 0.615. The van der Waals surface area contributed by atoms with Gasteiger partial charge in [0.1, 0.15) is 0 Å². The Balaban J connectivity index is 1.45. The van der Waals surface area contributed by atoms with Crippen LogP contribution in [0.2, 0.25) is 0 Å². The summed E-state index contributed by atoms with van der Waals surface area (Å²) in [7, 11) is 0. The molecule has 0 atom stereocenters. The van der Waals surface area contributed by atoms with E-state index in [1.807, 2.05) is 0 Å². The Hall–Kier alpha value is -0.820. The molecular weight excluding hydrogens is 242 g/mol. The van der Waals surface area contributed by atoms with Crippen molar-refractivity contribution < 1.29 is 0 Å². The number of benzene rings is 1. The van der Waals surface area contributed by atoms with Gasteiger partial charge in [0.25, 0.3) is 0 Å². The minimum absolute atomic E-state index is 0.774. The SMILES string of the molecule is CC(C)CCCCCCNC1CC(c2ccccc2)C1. The lowest BCUT2D eigenvalue weighted by Crippen LogP contribution is -2.40. The molecule has 1 heteroatoms. The maximum atomic E-state index is 3.72. The van der Waals surface area contributed by atoms with Gasteiger partial charge in [-0.15, -0.1) is 0 Å². The summed E-state index contributed by atoms with van der Waals surface area (Å²) in [4.78, 5) is 0. The van der Waals surface area contributed by atoms with E-state index in [-0.39, 0.29) is 0 Å². The Morgan fingerprint density at radius 1 is 1.00 bits per heavy atom. The maximum absolute atomic E-state index is 3.72. The van der Waals surface area contributed by atoms with Crippen LogP contribution in [-0.4, -0.2) is 12.6 Å². The van der Waals surface area contributed by atoms with Crippen molar-refractivity contribution in [1.82, 2.24) is 5.32 Å². The fourth-order valence-corrected chi connectivity index (χ4v) is 3.12. The minimum Gasteiger partial charge on any atom is -0.314 e. The molecule has 1 nitrogen and oxygen atoms in total. The number of hydrogen-bond acceptors (Lipinski definition) is 1. The highest BCUT2D eigenvalue weighted by molar-refractivity contribution is 5.22. The molecule has 1 saturated carbocycles. The third kappa shape index (κ3) is 5.28. The predicted octanol–water partition coefficient (Wildman–Crippen LogP) is 5.13. The molecule has 0 saturated heterocycles. The van der Waals surface area contributed by atoms with Crippen molar-refractivity contribution in [3.05, 3.63) is 35.9 Å². The van der Waals surface area contributed by atoms with Gasteiger partial charge in [-0.05, 0) is 43.2 Å². The van der Waals surface area contributed by atoms with Crippen LogP contribution in [0, 0.1) is 5.92 Å². The molecule has 0 aliphatic heterocycles. The molecular formula is C19H31N. The molecule has 0 aromatic heterocycles. The number of unbranched alkanes of at least 4 members (excludes halogenated alkanes) is 3. The molecule has 2 rings (SSSR count). The van der Waals surface area contributed by atoms with Crippen LogP contribution in [0.1, 0.15) is 70.3 Å². The molecule has 1 aromatic carbocycles. The maximum Gasteiger partial charge on any atom is 0.00787 e. The van der Waals surface area contributed by atoms with Gasteiger partial charge in [-0.1, -0.05) is 69.9 Å². The van der Waals surface area contributed by atoms with E-state index in [0.29, 0.717) is 0 Å². The lowest BCUT2D eigenvalue weighted by molar-refractivity contribution is 0.289. The first-order valence-corrected chi connectivity index (χ1v) is 8.54. The summed E-state index contributed by atoms with van der Waals surface area (Å²) in [5.74, 6) is 1.68. The van der Waals surface area contributed by atoms with Gasteiger partial charge < -0.3 is 5.32 Å². The average molecular weight is 273 g/mol. The standard InChI is InChI=1S/C19H31N/c1-16(2)10-6-3-4-9-13-20-19-14-18(15-19)17-11-7-5-8-12-17/h5,7-8,11-12,16,18-20H,3-4,6,9-10,13-15H2,1-2H3. The molecule has 20 heavy (non-hydrogen) atoms. The summed E-state index contributed by atoms with van der Waals surface area (Å²) in [6, 6.07) is 11.7. The third-order valence-corrected chi connectivity index (χ3v) is 4.55. The zero-order valence-corrected chi connectivity index (χ0v) is 13.3. The largest absolute Gasteiger partial charge is 0.314 e. The van der Waals surface area contributed by atoms with Gasteiger partial charge in [0.05, 0.1) is 0 Å². The second kappa shape index (κ2) is 8.46. The van der Waals surface area contributed by atoms with Crippen molar-refractivity contribution in [3.63, 3.8) is 0 Å². The van der Waals surface area contributed by atoms with Gasteiger partial charge in [-0.25, -0.2) is 0 Å². The first-order valence-electron chi connectivity index (χ1n) is 8.54. The minimum atomic E-state index is 0.774. The topological polar surface area (TPSA) is 12.0 Å². The highest BCUT2D eigenvalue weighted by atomic mass is 14.9. The fraction of sp³-hybridized carbons (Fsp3) is 0.684. The van der Waals surface area contributed by atoms with Crippen LogP contribution in [0.15, 0.2) is 30.3 Å². The van der Waals surface area contributed by atoms with Crippen LogP contribution in [0.5, 0.6) is 0 Å². The van der Waals surface area contributed by atoms with Gasteiger partial charge in [-0.3, -0.25) is 0 Å². The van der Waals surface area contributed by atoms with Crippen LogP contribution in [0.25, 0.3) is 0 Å². The van der Waals surface area contributed by atoms with Gasteiger partial charge in [0.2, 0.25) is 0 Å². The molecule has 0 heterocycles. The molecule has 1 N–H and O–H groups in total. The van der Waals surface area contributed by atoms with Crippen LogP contribution in [-0.2, 0) is 0 Å². The Kier molecular flexibility index (Phi) is 6.59. The molecule has 0 bridgehead atoms. The summed E-state index contributed by atoms with van der Waals surface area (Å²) < 4.78 is 0. The average Bonchev–Trinajstić information content (AvgIpc) is 2.40. The normalized spacial score (nSPS) is 21.9. The van der Waals surface area contributed by atoms with Crippen molar-refractivity contribution in [3.8, 4) is 0 Å². The van der Waals surface area contributed by atoms with E-state index in [2.05, 4.69) is 49.5 Å². The number of hydrogen-bond donors (Lipinski definition) is 1. The third-order valence-electron chi connectivity index (χ3n) is 4.55. The van der Waals surface area contributed by atoms with Crippen LogP contribution in [0.4, 0.5) is 0 Å².